The van der Waals surface area contributed by atoms with E-state index in [1.165, 1.54) is 0 Å². The van der Waals surface area contributed by atoms with Crippen molar-refractivity contribution in [1.29, 1.82) is 0 Å². The molecule has 7 heteroatoms. The van der Waals surface area contributed by atoms with Gasteiger partial charge in [0.1, 0.15) is 6.04 Å². The Kier molecular flexibility index (Phi) is 7.18. The van der Waals surface area contributed by atoms with Crippen LogP contribution in [0.3, 0.4) is 0 Å². The Balaban J connectivity index is 0.00000256. The lowest BCUT2D eigenvalue weighted by Crippen LogP contribution is -2.18. The fraction of sp³-hybridized carbons (Fsp3) is 0.0870. The Hall–Kier alpha value is -2.35. The largest absolute Gasteiger partial charge is 0.292 e. The molecule has 0 radical (unpaired) electrons. The van der Waals surface area contributed by atoms with Crippen molar-refractivity contribution < 1.29 is 4.79 Å². The zero-order valence-corrected chi connectivity index (χ0v) is 20.2. The number of halogens is 2. The third-order valence-electron chi connectivity index (χ3n) is 4.70. The van der Waals surface area contributed by atoms with Gasteiger partial charge in [-0.25, -0.2) is 4.68 Å². The van der Waals surface area contributed by atoms with Gasteiger partial charge < -0.3 is 0 Å². The second-order valence-corrected chi connectivity index (χ2v) is 7.92. The number of rotatable bonds is 5. The topological polar surface area (TPSA) is 39.8 Å². The molecule has 4 aromatic rings. The number of para-hydroxylation sites is 1. The standard InChI is InChI=1S/C23H18BrN3OS.BrH/c1-16(21(28)17-9-4-2-5-10-17)27-23(29)26(20-13-6-3-7-14-20)22(25-27)18-11-8-12-19(24)15-18;/h2-16H,1H3;1H. The van der Waals surface area contributed by atoms with Crippen molar-refractivity contribution in [1.82, 2.24) is 14.3 Å². The van der Waals surface area contributed by atoms with Crippen LogP contribution in [0.2, 0.25) is 0 Å². The van der Waals surface area contributed by atoms with Crippen molar-refractivity contribution in [3.8, 4) is 17.1 Å². The van der Waals surface area contributed by atoms with Crippen molar-refractivity contribution in [2.45, 2.75) is 13.0 Å². The van der Waals surface area contributed by atoms with Gasteiger partial charge in [0.25, 0.3) is 0 Å². The molecule has 0 aliphatic carbocycles. The van der Waals surface area contributed by atoms with E-state index in [0.717, 1.165) is 15.7 Å². The number of hydrogen-bond acceptors (Lipinski definition) is 3. The van der Waals surface area contributed by atoms with E-state index in [0.29, 0.717) is 16.2 Å². The first-order chi connectivity index (χ1) is 14.1. The molecule has 0 saturated heterocycles. The molecule has 1 unspecified atom stereocenters. The highest BCUT2D eigenvalue weighted by molar-refractivity contribution is 9.10. The second kappa shape index (κ2) is 9.64. The number of carbonyl (C=O) groups is 1. The predicted molar refractivity (Wildman–Crippen MR) is 131 cm³/mol. The summed E-state index contributed by atoms with van der Waals surface area (Å²) in [5, 5.41) is 4.78. The summed E-state index contributed by atoms with van der Waals surface area (Å²) in [4.78, 5) is 13.0. The minimum absolute atomic E-state index is 0. The monoisotopic (exact) mass is 543 g/mol. The number of ketones is 1. The Labute approximate surface area is 199 Å². The molecule has 0 N–H and O–H groups in total. The molecular weight excluding hydrogens is 526 g/mol. The minimum Gasteiger partial charge on any atom is -0.292 e. The molecule has 3 aromatic carbocycles. The first-order valence-electron chi connectivity index (χ1n) is 9.18. The summed E-state index contributed by atoms with van der Waals surface area (Å²) in [6.07, 6.45) is 0. The number of Topliss-reactive ketones (excluding diaryl/α,β-unsaturated/α-hetero) is 1. The Morgan fingerprint density at radius 2 is 1.60 bits per heavy atom. The number of aromatic nitrogens is 3. The molecule has 0 amide bonds. The SMILES string of the molecule is Br.CC(C(=O)c1ccccc1)n1nc(-c2cccc(Br)c2)n(-c2ccccc2)c1=S. The van der Waals surface area contributed by atoms with Crippen molar-refractivity contribution in [2.24, 2.45) is 0 Å². The zero-order valence-electron chi connectivity index (χ0n) is 16.1. The van der Waals surface area contributed by atoms with Gasteiger partial charge in [0.15, 0.2) is 11.6 Å². The van der Waals surface area contributed by atoms with Crippen molar-refractivity contribution in [2.75, 3.05) is 0 Å². The van der Waals surface area contributed by atoms with Crippen molar-refractivity contribution in [3.05, 3.63) is 99.7 Å². The molecule has 1 atom stereocenters. The summed E-state index contributed by atoms with van der Waals surface area (Å²) in [5.41, 5.74) is 2.45. The maximum absolute atomic E-state index is 13.0. The van der Waals surface area contributed by atoms with Gasteiger partial charge in [-0.3, -0.25) is 9.36 Å². The first kappa shape index (κ1) is 22.3. The Morgan fingerprint density at radius 3 is 2.23 bits per heavy atom. The van der Waals surface area contributed by atoms with Crippen LogP contribution in [0.5, 0.6) is 0 Å². The van der Waals surface area contributed by atoms with Crippen molar-refractivity contribution >= 4 is 50.9 Å². The van der Waals surface area contributed by atoms with E-state index in [4.69, 9.17) is 17.3 Å². The van der Waals surface area contributed by atoms with Crippen molar-refractivity contribution in [3.63, 3.8) is 0 Å². The van der Waals surface area contributed by atoms with Gasteiger partial charge in [0, 0.05) is 21.3 Å². The molecule has 0 aliphatic heterocycles. The van der Waals surface area contributed by atoms with Crippen LogP contribution >= 0.6 is 45.1 Å². The van der Waals surface area contributed by atoms with Crippen LogP contribution in [0, 0.1) is 4.77 Å². The lowest BCUT2D eigenvalue weighted by Gasteiger charge is -2.10. The molecule has 0 bridgehead atoms. The second-order valence-electron chi connectivity index (χ2n) is 6.64. The first-order valence-corrected chi connectivity index (χ1v) is 10.4. The highest BCUT2D eigenvalue weighted by Crippen LogP contribution is 2.27. The summed E-state index contributed by atoms with van der Waals surface area (Å²) in [6.45, 7) is 1.83. The number of benzene rings is 3. The fourth-order valence-electron chi connectivity index (χ4n) is 3.21. The molecule has 0 aliphatic rings. The van der Waals surface area contributed by atoms with E-state index in [9.17, 15) is 4.79 Å². The van der Waals surface area contributed by atoms with Gasteiger partial charge in [-0.1, -0.05) is 76.6 Å². The molecule has 4 rings (SSSR count). The van der Waals surface area contributed by atoms with Gasteiger partial charge in [0.2, 0.25) is 4.77 Å². The Bertz CT molecular complexity index is 1220. The van der Waals surface area contributed by atoms with Crippen LogP contribution in [0.4, 0.5) is 0 Å². The molecule has 0 saturated carbocycles. The molecule has 0 spiro atoms. The molecule has 4 nitrogen and oxygen atoms in total. The maximum atomic E-state index is 13.0. The van der Waals surface area contributed by atoms with Crippen LogP contribution in [0.25, 0.3) is 17.1 Å². The van der Waals surface area contributed by atoms with Crippen LogP contribution in [-0.4, -0.2) is 20.1 Å². The third-order valence-corrected chi connectivity index (χ3v) is 5.57. The molecule has 0 fully saturated rings. The summed E-state index contributed by atoms with van der Waals surface area (Å²) in [7, 11) is 0. The normalized spacial score (nSPS) is 11.5. The van der Waals surface area contributed by atoms with Crippen LogP contribution in [0.15, 0.2) is 89.4 Å². The zero-order chi connectivity index (χ0) is 20.4. The summed E-state index contributed by atoms with van der Waals surface area (Å²) < 4.78 is 4.96. The van der Waals surface area contributed by atoms with Crippen LogP contribution in [0.1, 0.15) is 23.3 Å². The highest BCUT2D eigenvalue weighted by Gasteiger charge is 2.23. The average molecular weight is 545 g/mol. The summed E-state index contributed by atoms with van der Waals surface area (Å²) in [6, 6.07) is 26.4. The highest BCUT2D eigenvalue weighted by atomic mass is 79.9. The fourth-order valence-corrected chi connectivity index (χ4v) is 4.00. The smallest absolute Gasteiger partial charge is 0.203 e. The van der Waals surface area contributed by atoms with E-state index < -0.39 is 6.04 Å². The molecule has 152 valence electrons. The molecular formula is C23H19Br2N3OS. The average Bonchev–Trinajstić information content (AvgIpc) is 3.11. The van der Waals surface area contributed by atoms with Gasteiger partial charge in [-0.15, -0.1) is 17.0 Å². The predicted octanol–water partition coefficient (Wildman–Crippen LogP) is 6.85. The van der Waals surface area contributed by atoms with Gasteiger partial charge in [0.05, 0.1) is 0 Å². The molecule has 1 aromatic heterocycles. The number of hydrogen-bond donors (Lipinski definition) is 0. The van der Waals surface area contributed by atoms with E-state index in [1.54, 1.807) is 4.68 Å². The van der Waals surface area contributed by atoms with E-state index in [-0.39, 0.29) is 22.8 Å². The summed E-state index contributed by atoms with van der Waals surface area (Å²) in [5.74, 6) is 0.662. The van der Waals surface area contributed by atoms with E-state index in [2.05, 4.69) is 15.9 Å². The quantitative estimate of drug-likeness (QED) is 0.203. The van der Waals surface area contributed by atoms with Gasteiger partial charge in [-0.05, 0) is 43.4 Å². The lowest BCUT2D eigenvalue weighted by molar-refractivity contribution is 0.0927. The van der Waals surface area contributed by atoms with E-state index in [1.807, 2.05) is 96.4 Å². The lowest BCUT2D eigenvalue weighted by atomic mass is 10.1. The number of nitrogens with zero attached hydrogens (tertiary/aromatic N) is 3. The van der Waals surface area contributed by atoms with E-state index >= 15 is 0 Å². The van der Waals surface area contributed by atoms with Crippen LogP contribution in [-0.2, 0) is 0 Å². The molecule has 30 heavy (non-hydrogen) atoms. The maximum Gasteiger partial charge on any atom is 0.203 e. The minimum atomic E-state index is -0.527. The third kappa shape index (κ3) is 4.38. The van der Waals surface area contributed by atoms with Crippen LogP contribution < -0.4 is 0 Å². The molecule has 1 heterocycles. The Morgan fingerprint density at radius 1 is 0.967 bits per heavy atom. The summed E-state index contributed by atoms with van der Waals surface area (Å²) >= 11 is 9.30. The van der Waals surface area contributed by atoms with Gasteiger partial charge >= 0.3 is 0 Å². The number of carbonyl (C=O) groups excluding carboxylic acids is 1. The van der Waals surface area contributed by atoms with Gasteiger partial charge in [-0.2, -0.15) is 5.10 Å².